The molecule has 1 aromatic heterocycles. The maximum absolute atomic E-state index is 5.93. The van der Waals surface area contributed by atoms with Crippen LogP contribution in [0.5, 0.6) is 5.75 Å². The van der Waals surface area contributed by atoms with Gasteiger partial charge in [0, 0.05) is 0 Å². The molecule has 3 nitrogen and oxygen atoms in total. The number of rotatable bonds is 3. The van der Waals surface area contributed by atoms with E-state index in [1.54, 1.807) is 11.6 Å². The van der Waals surface area contributed by atoms with Gasteiger partial charge >= 0.3 is 0 Å². The SMILES string of the molecule is Nc1scnc1COc1ccccc1Cl. The molecule has 0 aliphatic rings. The lowest BCUT2D eigenvalue weighted by atomic mass is 10.3. The Kier molecular flexibility index (Phi) is 3.08. The maximum Gasteiger partial charge on any atom is 0.138 e. The zero-order chi connectivity index (χ0) is 10.7. The van der Waals surface area contributed by atoms with Crippen LogP contribution in [0.3, 0.4) is 0 Å². The molecule has 0 saturated heterocycles. The molecule has 5 heteroatoms. The minimum Gasteiger partial charge on any atom is -0.486 e. The largest absolute Gasteiger partial charge is 0.486 e. The molecule has 0 unspecified atom stereocenters. The first-order valence-electron chi connectivity index (χ1n) is 4.32. The molecule has 1 heterocycles. The summed E-state index contributed by atoms with van der Waals surface area (Å²) in [4.78, 5) is 4.09. The Bertz CT molecular complexity index is 458. The monoisotopic (exact) mass is 240 g/mol. The summed E-state index contributed by atoms with van der Waals surface area (Å²) in [5, 5.41) is 1.27. The second kappa shape index (κ2) is 4.51. The van der Waals surface area contributed by atoms with Gasteiger partial charge in [0.25, 0.3) is 0 Å². The third kappa shape index (κ3) is 2.40. The number of hydrogen-bond acceptors (Lipinski definition) is 4. The normalized spacial score (nSPS) is 10.2. The summed E-state index contributed by atoms with van der Waals surface area (Å²) in [6.07, 6.45) is 0. The van der Waals surface area contributed by atoms with E-state index in [-0.39, 0.29) is 0 Å². The minimum atomic E-state index is 0.346. The molecule has 0 radical (unpaired) electrons. The van der Waals surface area contributed by atoms with Crippen LogP contribution in [-0.4, -0.2) is 4.98 Å². The van der Waals surface area contributed by atoms with Gasteiger partial charge in [0.2, 0.25) is 0 Å². The van der Waals surface area contributed by atoms with E-state index in [9.17, 15) is 0 Å². The predicted molar refractivity (Wildman–Crippen MR) is 62.3 cm³/mol. The van der Waals surface area contributed by atoms with E-state index >= 15 is 0 Å². The Morgan fingerprint density at radius 3 is 2.87 bits per heavy atom. The first kappa shape index (κ1) is 10.3. The number of benzene rings is 1. The number of thiazole rings is 1. The number of halogens is 1. The van der Waals surface area contributed by atoms with Crippen LogP contribution in [0.4, 0.5) is 5.00 Å². The number of nitrogen functional groups attached to an aromatic ring is 1. The Morgan fingerprint density at radius 1 is 1.40 bits per heavy atom. The zero-order valence-electron chi connectivity index (χ0n) is 7.81. The average Bonchev–Trinajstić information content (AvgIpc) is 2.63. The van der Waals surface area contributed by atoms with Crippen molar-refractivity contribution in [3.8, 4) is 5.75 Å². The highest BCUT2D eigenvalue weighted by molar-refractivity contribution is 7.13. The standard InChI is InChI=1S/C10H9ClN2OS/c11-7-3-1-2-4-9(7)14-5-8-10(12)15-6-13-8/h1-4,6H,5,12H2. The van der Waals surface area contributed by atoms with E-state index in [1.165, 1.54) is 11.3 Å². The molecule has 2 rings (SSSR count). The van der Waals surface area contributed by atoms with Gasteiger partial charge in [0.05, 0.1) is 10.5 Å². The van der Waals surface area contributed by atoms with Gasteiger partial charge in [-0.25, -0.2) is 4.98 Å². The van der Waals surface area contributed by atoms with Crippen LogP contribution in [0.25, 0.3) is 0 Å². The van der Waals surface area contributed by atoms with Gasteiger partial charge < -0.3 is 10.5 Å². The quantitative estimate of drug-likeness (QED) is 0.897. The lowest BCUT2D eigenvalue weighted by Crippen LogP contribution is -1.99. The van der Waals surface area contributed by atoms with Crippen molar-refractivity contribution in [1.82, 2.24) is 4.98 Å². The van der Waals surface area contributed by atoms with Gasteiger partial charge in [-0.15, -0.1) is 11.3 Å². The topological polar surface area (TPSA) is 48.1 Å². The number of nitrogens with two attached hydrogens (primary N) is 1. The fourth-order valence-electron chi connectivity index (χ4n) is 1.09. The first-order chi connectivity index (χ1) is 7.27. The molecule has 0 spiro atoms. The highest BCUT2D eigenvalue weighted by Gasteiger charge is 2.04. The molecule has 15 heavy (non-hydrogen) atoms. The average molecular weight is 241 g/mol. The fraction of sp³-hybridized carbons (Fsp3) is 0.100. The van der Waals surface area contributed by atoms with Crippen LogP contribution in [0.1, 0.15) is 5.69 Å². The molecular formula is C10H9ClN2OS. The Morgan fingerprint density at radius 2 is 2.20 bits per heavy atom. The number of aromatic nitrogens is 1. The highest BCUT2D eigenvalue weighted by Crippen LogP contribution is 2.25. The van der Waals surface area contributed by atoms with Gasteiger partial charge in [-0.05, 0) is 12.1 Å². The van der Waals surface area contributed by atoms with E-state index in [0.717, 1.165) is 5.69 Å². The summed E-state index contributed by atoms with van der Waals surface area (Å²) in [5.41, 5.74) is 8.13. The molecular weight excluding hydrogens is 232 g/mol. The van der Waals surface area contributed by atoms with Crippen molar-refractivity contribution in [2.24, 2.45) is 0 Å². The number of hydrogen-bond donors (Lipinski definition) is 1. The number of nitrogens with zero attached hydrogens (tertiary/aromatic N) is 1. The zero-order valence-corrected chi connectivity index (χ0v) is 9.39. The van der Waals surface area contributed by atoms with E-state index < -0.39 is 0 Å². The van der Waals surface area contributed by atoms with Crippen molar-refractivity contribution in [1.29, 1.82) is 0 Å². The van der Waals surface area contributed by atoms with Crippen LogP contribution >= 0.6 is 22.9 Å². The third-order valence-electron chi connectivity index (χ3n) is 1.87. The van der Waals surface area contributed by atoms with Crippen LogP contribution in [0.15, 0.2) is 29.8 Å². The third-order valence-corrected chi connectivity index (χ3v) is 2.89. The summed E-state index contributed by atoms with van der Waals surface area (Å²) in [6, 6.07) is 7.31. The first-order valence-corrected chi connectivity index (χ1v) is 5.58. The van der Waals surface area contributed by atoms with Gasteiger partial charge in [0.15, 0.2) is 0 Å². The van der Waals surface area contributed by atoms with Crippen LogP contribution in [0.2, 0.25) is 5.02 Å². The van der Waals surface area contributed by atoms with E-state index in [0.29, 0.717) is 22.4 Å². The van der Waals surface area contributed by atoms with E-state index in [4.69, 9.17) is 22.1 Å². The summed E-state index contributed by atoms with van der Waals surface area (Å²) >= 11 is 7.33. The second-order valence-corrected chi connectivity index (χ2v) is 4.18. The molecule has 0 amide bonds. The lowest BCUT2D eigenvalue weighted by molar-refractivity contribution is 0.303. The second-order valence-electron chi connectivity index (χ2n) is 2.88. The van der Waals surface area contributed by atoms with Crippen molar-refractivity contribution in [2.45, 2.75) is 6.61 Å². The van der Waals surface area contributed by atoms with Crippen molar-refractivity contribution in [3.63, 3.8) is 0 Å². The van der Waals surface area contributed by atoms with Gasteiger partial charge in [-0.2, -0.15) is 0 Å². The predicted octanol–water partition coefficient (Wildman–Crippen LogP) is 2.96. The molecule has 0 saturated carbocycles. The molecule has 0 aliphatic heterocycles. The summed E-state index contributed by atoms with van der Waals surface area (Å²) in [6.45, 7) is 0.346. The van der Waals surface area contributed by atoms with Crippen molar-refractivity contribution >= 4 is 27.9 Å². The van der Waals surface area contributed by atoms with E-state index in [2.05, 4.69) is 4.98 Å². The van der Waals surface area contributed by atoms with Gasteiger partial charge in [-0.1, -0.05) is 23.7 Å². The molecule has 0 aliphatic carbocycles. The summed E-state index contributed by atoms with van der Waals surface area (Å²) in [7, 11) is 0. The molecule has 78 valence electrons. The Labute approximate surface area is 96.5 Å². The van der Waals surface area contributed by atoms with Gasteiger partial charge in [-0.3, -0.25) is 0 Å². The summed E-state index contributed by atoms with van der Waals surface area (Å²) in [5.74, 6) is 0.645. The van der Waals surface area contributed by atoms with E-state index in [1.807, 2.05) is 18.2 Å². The van der Waals surface area contributed by atoms with Crippen LogP contribution in [0, 0.1) is 0 Å². The molecule has 2 N–H and O–H groups in total. The smallest absolute Gasteiger partial charge is 0.138 e. The van der Waals surface area contributed by atoms with Crippen LogP contribution < -0.4 is 10.5 Å². The lowest BCUT2D eigenvalue weighted by Gasteiger charge is -2.06. The van der Waals surface area contributed by atoms with Crippen molar-refractivity contribution < 1.29 is 4.74 Å². The molecule has 0 fully saturated rings. The minimum absolute atomic E-state index is 0.346. The Balaban J connectivity index is 2.06. The molecule has 0 bridgehead atoms. The molecule has 2 aromatic rings. The molecule has 0 atom stereocenters. The van der Waals surface area contributed by atoms with Crippen molar-refractivity contribution in [3.05, 3.63) is 40.5 Å². The van der Waals surface area contributed by atoms with Gasteiger partial charge in [0.1, 0.15) is 23.1 Å². The number of ether oxygens (including phenoxy) is 1. The molecule has 1 aromatic carbocycles. The number of anilines is 1. The van der Waals surface area contributed by atoms with Crippen LogP contribution in [-0.2, 0) is 6.61 Å². The maximum atomic E-state index is 5.93. The summed E-state index contributed by atoms with van der Waals surface area (Å²) < 4.78 is 5.49. The fourth-order valence-corrected chi connectivity index (χ4v) is 1.83. The Hall–Kier alpha value is -1.26. The number of para-hydroxylation sites is 1. The highest BCUT2D eigenvalue weighted by atomic mass is 35.5. The van der Waals surface area contributed by atoms with Crippen molar-refractivity contribution in [2.75, 3.05) is 5.73 Å².